The number of nitrogens with two attached hydrogens (primary N) is 1. The third-order valence-corrected chi connectivity index (χ3v) is 4.36. The molecular weight excluding hydrogens is 282 g/mol. The monoisotopic (exact) mass is 305 g/mol. The molecule has 1 unspecified atom stereocenters. The lowest BCUT2D eigenvalue weighted by Gasteiger charge is -2.15. The number of benzene rings is 1. The molecular formula is C17H24ClN3. The van der Waals surface area contributed by atoms with Gasteiger partial charge in [0.05, 0.1) is 16.4 Å². The van der Waals surface area contributed by atoms with Crippen molar-refractivity contribution in [2.75, 3.05) is 6.54 Å². The normalized spacial score (nSPS) is 12.6. The SMILES string of the molecule is CCc1nn(C)c(CC(CN)Cc2cccc(C)c2)c1Cl. The van der Waals surface area contributed by atoms with Crippen LogP contribution in [0.15, 0.2) is 24.3 Å². The van der Waals surface area contributed by atoms with E-state index >= 15 is 0 Å². The number of aromatic nitrogens is 2. The van der Waals surface area contributed by atoms with Crippen molar-refractivity contribution in [2.45, 2.75) is 33.1 Å². The van der Waals surface area contributed by atoms with Crippen LogP contribution in [0.1, 0.15) is 29.4 Å². The summed E-state index contributed by atoms with van der Waals surface area (Å²) in [6, 6.07) is 8.61. The van der Waals surface area contributed by atoms with E-state index in [1.54, 1.807) is 0 Å². The van der Waals surface area contributed by atoms with Gasteiger partial charge in [-0.1, -0.05) is 48.4 Å². The Kier molecular flexibility index (Phi) is 5.43. The number of nitrogens with zero attached hydrogens (tertiary/aromatic N) is 2. The van der Waals surface area contributed by atoms with Crippen LogP contribution in [0.5, 0.6) is 0 Å². The van der Waals surface area contributed by atoms with Crippen LogP contribution in [0.4, 0.5) is 0 Å². The number of halogens is 1. The van der Waals surface area contributed by atoms with Crippen molar-refractivity contribution in [3.8, 4) is 0 Å². The lowest BCUT2D eigenvalue weighted by Crippen LogP contribution is -2.20. The van der Waals surface area contributed by atoms with Gasteiger partial charge in [-0.25, -0.2) is 0 Å². The van der Waals surface area contributed by atoms with Crippen molar-refractivity contribution in [1.82, 2.24) is 9.78 Å². The van der Waals surface area contributed by atoms with Crippen LogP contribution in [0.3, 0.4) is 0 Å². The van der Waals surface area contributed by atoms with Crippen LogP contribution in [0.2, 0.25) is 5.02 Å². The molecule has 0 saturated heterocycles. The summed E-state index contributed by atoms with van der Waals surface area (Å²) < 4.78 is 1.90. The van der Waals surface area contributed by atoms with E-state index in [4.69, 9.17) is 17.3 Å². The molecule has 2 rings (SSSR count). The Bertz CT molecular complexity index is 604. The lowest BCUT2D eigenvalue weighted by atomic mass is 9.94. The summed E-state index contributed by atoms with van der Waals surface area (Å²) in [6.07, 6.45) is 2.70. The molecule has 1 atom stereocenters. The Labute approximate surface area is 132 Å². The van der Waals surface area contributed by atoms with Crippen molar-refractivity contribution in [3.05, 3.63) is 51.8 Å². The average Bonchev–Trinajstić information content (AvgIpc) is 2.73. The molecule has 4 heteroatoms. The first-order valence-corrected chi connectivity index (χ1v) is 7.88. The molecule has 0 bridgehead atoms. The van der Waals surface area contributed by atoms with Crippen molar-refractivity contribution < 1.29 is 0 Å². The fourth-order valence-corrected chi connectivity index (χ4v) is 3.10. The van der Waals surface area contributed by atoms with E-state index in [0.717, 1.165) is 35.7 Å². The summed E-state index contributed by atoms with van der Waals surface area (Å²) in [6.45, 7) is 4.84. The number of aryl methyl sites for hydroxylation is 3. The molecule has 3 nitrogen and oxygen atoms in total. The number of hydrogen-bond donors (Lipinski definition) is 1. The van der Waals surface area contributed by atoms with Gasteiger partial charge in [0, 0.05) is 7.05 Å². The van der Waals surface area contributed by atoms with Crippen LogP contribution in [0, 0.1) is 12.8 Å². The zero-order chi connectivity index (χ0) is 15.4. The Morgan fingerprint density at radius 3 is 2.67 bits per heavy atom. The second kappa shape index (κ2) is 7.10. The van der Waals surface area contributed by atoms with Gasteiger partial charge in [0.25, 0.3) is 0 Å². The van der Waals surface area contributed by atoms with Crippen LogP contribution in [-0.4, -0.2) is 16.3 Å². The van der Waals surface area contributed by atoms with E-state index in [0.29, 0.717) is 12.5 Å². The molecule has 1 heterocycles. The smallest absolute Gasteiger partial charge is 0.0849 e. The predicted octanol–water partition coefficient (Wildman–Crippen LogP) is 3.30. The summed E-state index contributed by atoms with van der Waals surface area (Å²) in [4.78, 5) is 0. The highest BCUT2D eigenvalue weighted by Gasteiger charge is 2.17. The van der Waals surface area contributed by atoms with E-state index in [1.165, 1.54) is 11.1 Å². The fraction of sp³-hybridized carbons (Fsp3) is 0.471. The predicted molar refractivity (Wildman–Crippen MR) is 88.7 cm³/mol. The maximum absolute atomic E-state index is 6.43. The third-order valence-electron chi connectivity index (χ3n) is 3.93. The molecule has 1 aromatic carbocycles. The molecule has 0 spiro atoms. The number of rotatable bonds is 6. The molecule has 0 aliphatic rings. The van der Waals surface area contributed by atoms with Crippen LogP contribution >= 0.6 is 11.6 Å². The van der Waals surface area contributed by atoms with Crippen molar-refractivity contribution in [1.29, 1.82) is 0 Å². The molecule has 1 aromatic heterocycles. The first kappa shape index (κ1) is 16.1. The van der Waals surface area contributed by atoms with Gasteiger partial charge in [-0.3, -0.25) is 4.68 Å². The first-order chi connectivity index (χ1) is 10.0. The van der Waals surface area contributed by atoms with E-state index in [1.807, 2.05) is 11.7 Å². The molecule has 0 radical (unpaired) electrons. The van der Waals surface area contributed by atoms with Gasteiger partial charge >= 0.3 is 0 Å². The number of hydrogen-bond acceptors (Lipinski definition) is 2. The van der Waals surface area contributed by atoms with Crippen LogP contribution in [0.25, 0.3) is 0 Å². The molecule has 0 saturated carbocycles. The summed E-state index contributed by atoms with van der Waals surface area (Å²) in [5.74, 6) is 0.379. The molecule has 0 aliphatic carbocycles. The zero-order valence-electron chi connectivity index (χ0n) is 13.1. The van der Waals surface area contributed by atoms with E-state index in [9.17, 15) is 0 Å². The minimum absolute atomic E-state index is 0.379. The highest BCUT2D eigenvalue weighted by molar-refractivity contribution is 6.31. The van der Waals surface area contributed by atoms with Gasteiger partial charge in [0.1, 0.15) is 0 Å². The van der Waals surface area contributed by atoms with Gasteiger partial charge in [-0.2, -0.15) is 5.10 Å². The van der Waals surface area contributed by atoms with E-state index < -0.39 is 0 Å². The zero-order valence-corrected chi connectivity index (χ0v) is 13.8. The van der Waals surface area contributed by atoms with E-state index in [2.05, 4.69) is 43.2 Å². The quantitative estimate of drug-likeness (QED) is 0.890. The summed E-state index contributed by atoms with van der Waals surface area (Å²) >= 11 is 6.43. The van der Waals surface area contributed by atoms with Crippen LogP contribution in [-0.2, 0) is 26.3 Å². The summed E-state index contributed by atoms with van der Waals surface area (Å²) in [7, 11) is 1.96. The highest BCUT2D eigenvalue weighted by Crippen LogP contribution is 2.24. The summed E-state index contributed by atoms with van der Waals surface area (Å²) in [5, 5.41) is 5.29. The lowest BCUT2D eigenvalue weighted by molar-refractivity contribution is 0.510. The second-order valence-corrected chi connectivity index (χ2v) is 6.06. The van der Waals surface area contributed by atoms with Gasteiger partial charge < -0.3 is 5.73 Å². The largest absolute Gasteiger partial charge is 0.330 e. The summed E-state index contributed by atoms with van der Waals surface area (Å²) in [5.41, 5.74) is 10.7. The van der Waals surface area contributed by atoms with Gasteiger partial charge in [0.2, 0.25) is 0 Å². The van der Waals surface area contributed by atoms with Crippen molar-refractivity contribution in [3.63, 3.8) is 0 Å². The minimum atomic E-state index is 0.379. The maximum Gasteiger partial charge on any atom is 0.0849 e. The molecule has 114 valence electrons. The first-order valence-electron chi connectivity index (χ1n) is 7.51. The Balaban J connectivity index is 2.14. The fourth-order valence-electron chi connectivity index (χ4n) is 2.73. The van der Waals surface area contributed by atoms with Gasteiger partial charge in [0.15, 0.2) is 0 Å². The Hall–Kier alpha value is -1.32. The highest BCUT2D eigenvalue weighted by atomic mass is 35.5. The van der Waals surface area contributed by atoms with Crippen LogP contribution < -0.4 is 5.73 Å². The second-order valence-electron chi connectivity index (χ2n) is 5.68. The molecule has 0 amide bonds. The van der Waals surface area contributed by atoms with E-state index in [-0.39, 0.29) is 0 Å². The molecule has 0 fully saturated rings. The van der Waals surface area contributed by atoms with Gasteiger partial charge in [-0.15, -0.1) is 0 Å². The van der Waals surface area contributed by atoms with Crippen molar-refractivity contribution >= 4 is 11.6 Å². The maximum atomic E-state index is 6.43. The minimum Gasteiger partial charge on any atom is -0.330 e. The third kappa shape index (κ3) is 3.86. The topological polar surface area (TPSA) is 43.8 Å². The Morgan fingerprint density at radius 2 is 2.10 bits per heavy atom. The molecule has 2 aromatic rings. The standard InChI is InChI=1S/C17H24ClN3/c1-4-15-17(18)16(21(3)20-15)10-14(11-19)9-13-7-5-6-12(2)8-13/h5-8,14H,4,9-11,19H2,1-3H3. The van der Waals surface area contributed by atoms with Gasteiger partial charge in [-0.05, 0) is 44.2 Å². The van der Waals surface area contributed by atoms with Crippen molar-refractivity contribution in [2.24, 2.45) is 18.7 Å². The molecule has 0 aliphatic heterocycles. The molecule has 2 N–H and O–H groups in total. The Morgan fingerprint density at radius 1 is 1.33 bits per heavy atom. The molecule has 21 heavy (non-hydrogen) atoms. The average molecular weight is 306 g/mol.